The van der Waals surface area contributed by atoms with Crippen molar-refractivity contribution in [1.29, 1.82) is 0 Å². The standard InChI is InChI=1S/C12H22N2O/c15-12(7-10-8-13-9-10)14-11-5-3-1-2-4-6-11/h10-11,13H,1-9H2,(H,14,15). The van der Waals surface area contributed by atoms with Crippen LogP contribution in [-0.4, -0.2) is 25.0 Å². The van der Waals surface area contributed by atoms with Crippen molar-refractivity contribution in [2.24, 2.45) is 5.92 Å². The highest BCUT2D eigenvalue weighted by Gasteiger charge is 2.21. The summed E-state index contributed by atoms with van der Waals surface area (Å²) in [5, 5.41) is 6.39. The predicted octanol–water partition coefficient (Wildman–Crippen LogP) is 1.43. The van der Waals surface area contributed by atoms with Gasteiger partial charge in [-0.15, -0.1) is 0 Å². The zero-order valence-electron chi connectivity index (χ0n) is 9.43. The third-order valence-electron chi connectivity index (χ3n) is 3.56. The van der Waals surface area contributed by atoms with Gasteiger partial charge in [0, 0.05) is 12.5 Å². The van der Waals surface area contributed by atoms with Crippen LogP contribution in [0.2, 0.25) is 0 Å². The number of amides is 1. The van der Waals surface area contributed by atoms with Crippen molar-refractivity contribution in [2.45, 2.75) is 51.0 Å². The molecule has 0 aromatic rings. The van der Waals surface area contributed by atoms with Crippen LogP contribution >= 0.6 is 0 Å². The van der Waals surface area contributed by atoms with Crippen molar-refractivity contribution in [3.8, 4) is 0 Å². The van der Waals surface area contributed by atoms with Gasteiger partial charge < -0.3 is 10.6 Å². The van der Waals surface area contributed by atoms with Gasteiger partial charge in [-0.05, 0) is 31.8 Å². The van der Waals surface area contributed by atoms with E-state index in [2.05, 4.69) is 10.6 Å². The van der Waals surface area contributed by atoms with E-state index in [1.165, 1.54) is 38.5 Å². The van der Waals surface area contributed by atoms with Gasteiger partial charge in [0.05, 0.1) is 0 Å². The third kappa shape index (κ3) is 3.49. The normalized spacial score (nSPS) is 24.3. The molecular weight excluding hydrogens is 188 g/mol. The Morgan fingerprint density at radius 2 is 1.80 bits per heavy atom. The van der Waals surface area contributed by atoms with Crippen molar-refractivity contribution in [3.05, 3.63) is 0 Å². The fourth-order valence-electron chi connectivity index (χ4n) is 2.47. The molecule has 0 atom stereocenters. The summed E-state index contributed by atoms with van der Waals surface area (Å²) < 4.78 is 0. The Morgan fingerprint density at radius 1 is 1.13 bits per heavy atom. The van der Waals surface area contributed by atoms with Crippen LogP contribution in [0.5, 0.6) is 0 Å². The molecule has 0 spiro atoms. The van der Waals surface area contributed by atoms with E-state index >= 15 is 0 Å². The molecule has 0 aromatic carbocycles. The molecule has 1 saturated heterocycles. The SMILES string of the molecule is O=C(CC1CNC1)NC1CCCCCC1. The third-order valence-corrected chi connectivity index (χ3v) is 3.56. The molecule has 1 saturated carbocycles. The van der Waals surface area contributed by atoms with Gasteiger partial charge in [-0.25, -0.2) is 0 Å². The number of carbonyl (C=O) groups is 1. The molecule has 0 aromatic heterocycles. The number of rotatable bonds is 3. The Balaban J connectivity index is 1.67. The highest BCUT2D eigenvalue weighted by molar-refractivity contribution is 5.76. The van der Waals surface area contributed by atoms with Gasteiger partial charge in [0.25, 0.3) is 0 Å². The highest BCUT2D eigenvalue weighted by Crippen LogP contribution is 2.17. The average molecular weight is 210 g/mol. The molecule has 2 fully saturated rings. The van der Waals surface area contributed by atoms with Crippen LogP contribution in [0.25, 0.3) is 0 Å². The number of nitrogens with one attached hydrogen (secondary N) is 2. The van der Waals surface area contributed by atoms with E-state index in [-0.39, 0.29) is 5.91 Å². The second-order valence-electron chi connectivity index (χ2n) is 4.98. The fourth-order valence-corrected chi connectivity index (χ4v) is 2.47. The first-order valence-corrected chi connectivity index (χ1v) is 6.34. The van der Waals surface area contributed by atoms with Crippen LogP contribution in [0.15, 0.2) is 0 Å². The lowest BCUT2D eigenvalue weighted by Gasteiger charge is -2.27. The zero-order valence-corrected chi connectivity index (χ0v) is 9.43. The van der Waals surface area contributed by atoms with Crippen LogP contribution in [0.3, 0.4) is 0 Å². The Bertz CT molecular complexity index is 206. The second-order valence-corrected chi connectivity index (χ2v) is 4.98. The fraction of sp³-hybridized carbons (Fsp3) is 0.917. The molecule has 0 bridgehead atoms. The van der Waals surface area contributed by atoms with Crippen molar-refractivity contribution in [2.75, 3.05) is 13.1 Å². The van der Waals surface area contributed by atoms with Crippen LogP contribution in [0.1, 0.15) is 44.9 Å². The predicted molar refractivity (Wildman–Crippen MR) is 60.6 cm³/mol. The van der Waals surface area contributed by atoms with E-state index < -0.39 is 0 Å². The summed E-state index contributed by atoms with van der Waals surface area (Å²) in [6, 6.07) is 0.466. The van der Waals surface area contributed by atoms with E-state index in [1.54, 1.807) is 0 Å². The molecule has 1 aliphatic carbocycles. The first-order valence-electron chi connectivity index (χ1n) is 6.34. The number of hydrogen-bond donors (Lipinski definition) is 2. The average Bonchev–Trinajstić information content (AvgIpc) is 2.40. The molecule has 0 radical (unpaired) electrons. The van der Waals surface area contributed by atoms with Gasteiger partial charge >= 0.3 is 0 Å². The van der Waals surface area contributed by atoms with E-state index in [1.807, 2.05) is 0 Å². The summed E-state index contributed by atoms with van der Waals surface area (Å²) in [5.74, 6) is 0.865. The summed E-state index contributed by atoms with van der Waals surface area (Å²) in [7, 11) is 0. The summed E-state index contributed by atoms with van der Waals surface area (Å²) in [6.45, 7) is 2.05. The maximum absolute atomic E-state index is 11.7. The molecule has 2 N–H and O–H groups in total. The van der Waals surface area contributed by atoms with Gasteiger partial charge in [-0.3, -0.25) is 4.79 Å². The maximum Gasteiger partial charge on any atom is 0.220 e. The Hall–Kier alpha value is -0.570. The highest BCUT2D eigenvalue weighted by atomic mass is 16.1. The van der Waals surface area contributed by atoms with Crippen molar-refractivity contribution in [3.63, 3.8) is 0 Å². The minimum absolute atomic E-state index is 0.272. The molecule has 3 heteroatoms. The van der Waals surface area contributed by atoms with E-state index in [0.29, 0.717) is 12.0 Å². The second kappa shape index (κ2) is 5.50. The Kier molecular flexibility index (Phi) is 4.01. The molecule has 1 amide bonds. The zero-order chi connectivity index (χ0) is 10.5. The lowest BCUT2D eigenvalue weighted by atomic mass is 9.98. The van der Waals surface area contributed by atoms with Crippen molar-refractivity contribution in [1.82, 2.24) is 10.6 Å². The first-order chi connectivity index (χ1) is 7.34. The molecule has 3 nitrogen and oxygen atoms in total. The largest absolute Gasteiger partial charge is 0.353 e. The van der Waals surface area contributed by atoms with Gasteiger partial charge in [0.1, 0.15) is 0 Å². The molecule has 86 valence electrons. The molecule has 2 aliphatic rings. The molecule has 1 aliphatic heterocycles. The molecule has 0 unspecified atom stereocenters. The van der Waals surface area contributed by atoms with E-state index in [9.17, 15) is 4.79 Å². The lowest BCUT2D eigenvalue weighted by molar-refractivity contribution is -0.123. The van der Waals surface area contributed by atoms with Gasteiger partial charge in [-0.1, -0.05) is 25.7 Å². The smallest absolute Gasteiger partial charge is 0.220 e. The van der Waals surface area contributed by atoms with Gasteiger partial charge in [-0.2, -0.15) is 0 Å². The van der Waals surface area contributed by atoms with Crippen LogP contribution < -0.4 is 10.6 Å². The molecule has 2 rings (SSSR count). The minimum atomic E-state index is 0.272. The summed E-state index contributed by atoms with van der Waals surface area (Å²) in [4.78, 5) is 11.7. The van der Waals surface area contributed by atoms with Crippen LogP contribution in [0, 0.1) is 5.92 Å². The van der Waals surface area contributed by atoms with Crippen LogP contribution in [-0.2, 0) is 4.79 Å². The summed E-state index contributed by atoms with van der Waals surface area (Å²) in [6.07, 6.45) is 8.37. The van der Waals surface area contributed by atoms with E-state index in [4.69, 9.17) is 0 Å². The van der Waals surface area contributed by atoms with Crippen molar-refractivity contribution >= 4 is 5.91 Å². The van der Waals surface area contributed by atoms with Crippen LogP contribution in [0.4, 0.5) is 0 Å². The molecular formula is C12H22N2O. The minimum Gasteiger partial charge on any atom is -0.353 e. The summed E-state index contributed by atoms with van der Waals surface area (Å²) >= 11 is 0. The topological polar surface area (TPSA) is 41.1 Å². The maximum atomic E-state index is 11.7. The quantitative estimate of drug-likeness (QED) is 0.692. The van der Waals surface area contributed by atoms with Gasteiger partial charge in [0.2, 0.25) is 5.91 Å². The Morgan fingerprint density at radius 3 is 2.33 bits per heavy atom. The summed E-state index contributed by atoms with van der Waals surface area (Å²) in [5.41, 5.74) is 0. The molecule has 15 heavy (non-hydrogen) atoms. The van der Waals surface area contributed by atoms with E-state index in [0.717, 1.165) is 19.5 Å². The Labute approximate surface area is 92.0 Å². The number of hydrogen-bond acceptors (Lipinski definition) is 2. The molecule has 1 heterocycles. The van der Waals surface area contributed by atoms with Gasteiger partial charge in [0.15, 0.2) is 0 Å². The monoisotopic (exact) mass is 210 g/mol. The lowest BCUT2D eigenvalue weighted by Crippen LogP contribution is -2.45. The van der Waals surface area contributed by atoms with Crippen molar-refractivity contribution < 1.29 is 4.79 Å². The first kappa shape index (κ1) is 10.9. The number of carbonyl (C=O) groups excluding carboxylic acids is 1.